The predicted octanol–water partition coefficient (Wildman–Crippen LogP) is 2.56. The molecule has 0 heterocycles. The topological polar surface area (TPSA) is 119 Å². The van der Waals surface area contributed by atoms with Crippen LogP contribution in [0.5, 0.6) is 0 Å². The molecule has 0 aliphatic rings. The molecule has 0 aliphatic carbocycles. The molecule has 0 saturated carbocycles. The first-order valence-electron chi connectivity index (χ1n) is 10.4. The number of hydrogen-bond donors (Lipinski definition) is 2. The molecule has 9 heteroatoms. The molecule has 8 nitrogen and oxygen atoms in total. The molecule has 0 radical (unpaired) electrons. The van der Waals surface area contributed by atoms with Crippen molar-refractivity contribution < 1.29 is 27.5 Å². The van der Waals surface area contributed by atoms with Crippen molar-refractivity contribution in [3.63, 3.8) is 0 Å². The van der Waals surface area contributed by atoms with E-state index in [1.54, 1.807) is 72.8 Å². The minimum absolute atomic E-state index is 0.0236. The van der Waals surface area contributed by atoms with E-state index in [9.17, 15) is 22.8 Å². The molecule has 176 valence electrons. The summed E-state index contributed by atoms with van der Waals surface area (Å²) in [7, 11) is -3.88. The Kier molecular flexibility index (Phi) is 8.29. The van der Waals surface area contributed by atoms with Gasteiger partial charge in [-0.1, -0.05) is 78.4 Å². The van der Waals surface area contributed by atoms with Crippen molar-refractivity contribution in [1.29, 1.82) is 0 Å². The van der Waals surface area contributed by atoms with E-state index in [2.05, 4.69) is 10.0 Å². The number of amides is 1. The summed E-state index contributed by atoms with van der Waals surface area (Å²) < 4.78 is 32.1. The normalized spacial score (nSPS) is 11.9. The minimum atomic E-state index is -3.88. The number of nitrogens with one attached hydrogen (secondary N) is 2. The van der Waals surface area contributed by atoms with Crippen molar-refractivity contribution in [3.05, 3.63) is 102 Å². The van der Waals surface area contributed by atoms with E-state index in [0.717, 1.165) is 5.56 Å². The molecular formula is C25H24N2O6S. The van der Waals surface area contributed by atoms with E-state index in [-0.39, 0.29) is 4.90 Å². The molecule has 3 rings (SSSR count). The molecule has 0 saturated heterocycles. The van der Waals surface area contributed by atoms with Crippen LogP contribution >= 0.6 is 0 Å². The zero-order chi connectivity index (χ0) is 24.6. The highest BCUT2D eigenvalue weighted by molar-refractivity contribution is 7.89. The monoisotopic (exact) mass is 480 g/mol. The van der Waals surface area contributed by atoms with Crippen LogP contribution in [0.4, 0.5) is 0 Å². The summed E-state index contributed by atoms with van der Waals surface area (Å²) in [5.74, 6) is -1.97. The summed E-state index contributed by atoms with van der Waals surface area (Å²) >= 11 is 0. The Morgan fingerprint density at radius 3 is 2.03 bits per heavy atom. The third-order valence-electron chi connectivity index (χ3n) is 4.83. The Labute approximate surface area is 198 Å². The zero-order valence-electron chi connectivity index (χ0n) is 18.4. The third-order valence-corrected chi connectivity index (χ3v) is 6.25. The van der Waals surface area contributed by atoms with Crippen LogP contribution in [0.3, 0.4) is 0 Å². The Balaban J connectivity index is 1.57. The summed E-state index contributed by atoms with van der Waals surface area (Å²) in [4.78, 5) is 37.4. The molecule has 2 N–H and O–H groups in total. The molecule has 34 heavy (non-hydrogen) atoms. The number of benzene rings is 3. The van der Waals surface area contributed by atoms with E-state index in [1.165, 1.54) is 12.1 Å². The summed E-state index contributed by atoms with van der Waals surface area (Å²) in [6.45, 7) is 0.733. The molecule has 0 bridgehead atoms. The Morgan fingerprint density at radius 1 is 0.824 bits per heavy atom. The van der Waals surface area contributed by atoms with Crippen molar-refractivity contribution in [3.8, 4) is 0 Å². The molecular weight excluding hydrogens is 456 g/mol. The maximum absolute atomic E-state index is 12.9. The van der Waals surface area contributed by atoms with Gasteiger partial charge in [-0.25, -0.2) is 13.1 Å². The van der Waals surface area contributed by atoms with Crippen molar-refractivity contribution >= 4 is 27.7 Å². The SMILES string of the molecule is Cc1ccc(S(=O)(=O)NCC(=O)NCC(=O)O[C@@H](C(=O)c2ccccc2)c2ccccc2)cc1. The fourth-order valence-electron chi connectivity index (χ4n) is 3.02. The highest BCUT2D eigenvalue weighted by Crippen LogP contribution is 2.22. The molecule has 3 aromatic carbocycles. The highest BCUT2D eigenvalue weighted by Gasteiger charge is 2.26. The average Bonchev–Trinajstić information content (AvgIpc) is 2.86. The molecule has 0 fully saturated rings. The lowest BCUT2D eigenvalue weighted by Gasteiger charge is -2.17. The van der Waals surface area contributed by atoms with Gasteiger partial charge in [0.25, 0.3) is 0 Å². The second-order valence-electron chi connectivity index (χ2n) is 7.43. The maximum atomic E-state index is 12.9. The smallest absolute Gasteiger partial charge is 0.326 e. The van der Waals surface area contributed by atoms with Gasteiger partial charge in [0.1, 0.15) is 6.54 Å². The fourth-order valence-corrected chi connectivity index (χ4v) is 4.00. The number of ether oxygens (including phenoxy) is 1. The predicted molar refractivity (Wildman–Crippen MR) is 125 cm³/mol. The Morgan fingerprint density at radius 2 is 1.41 bits per heavy atom. The number of esters is 1. The fraction of sp³-hybridized carbons (Fsp3) is 0.160. The van der Waals surface area contributed by atoms with Crippen molar-refractivity contribution in [2.75, 3.05) is 13.1 Å². The van der Waals surface area contributed by atoms with Crippen LogP contribution in [0.2, 0.25) is 0 Å². The first kappa shape index (κ1) is 24.8. The van der Waals surface area contributed by atoms with Crippen LogP contribution in [-0.4, -0.2) is 39.2 Å². The number of hydrogen-bond acceptors (Lipinski definition) is 6. The van der Waals surface area contributed by atoms with Crippen LogP contribution in [0, 0.1) is 6.92 Å². The summed E-state index contributed by atoms with van der Waals surface area (Å²) in [6, 6.07) is 23.1. The van der Waals surface area contributed by atoms with Crippen LogP contribution in [-0.2, 0) is 24.3 Å². The van der Waals surface area contributed by atoms with Gasteiger partial charge in [0.2, 0.25) is 21.7 Å². The molecule has 1 amide bonds. The van der Waals surface area contributed by atoms with Gasteiger partial charge in [0, 0.05) is 11.1 Å². The quantitative estimate of drug-likeness (QED) is 0.340. The first-order chi connectivity index (χ1) is 16.3. The lowest BCUT2D eigenvalue weighted by molar-refractivity contribution is -0.147. The van der Waals surface area contributed by atoms with Crippen LogP contribution in [0.1, 0.15) is 27.6 Å². The van der Waals surface area contributed by atoms with Crippen LogP contribution in [0.25, 0.3) is 0 Å². The van der Waals surface area contributed by atoms with E-state index >= 15 is 0 Å². The summed E-state index contributed by atoms with van der Waals surface area (Å²) in [5.41, 5.74) is 1.76. The van der Waals surface area contributed by atoms with Crippen LogP contribution in [0.15, 0.2) is 89.8 Å². The number of Topliss-reactive ketones (excluding diaryl/α,β-unsaturated/α-hetero) is 1. The highest BCUT2D eigenvalue weighted by atomic mass is 32.2. The molecule has 0 aliphatic heterocycles. The number of carbonyl (C=O) groups is 3. The van der Waals surface area contributed by atoms with Gasteiger partial charge in [0.15, 0.2) is 6.10 Å². The van der Waals surface area contributed by atoms with Gasteiger partial charge in [-0.3, -0.25) is 14.4 Å². The Bertz CT molecular complexity index is 1240. The zero-order valence-corrected chi connectivity index (χ0v) is 19.2. The second kappa shape index (κ2) is 11.4. The van der Waals surface area contributed by atoms with Crippen LogP contribution < -0.4 is 10.0 Å². The second-order valence-corrected chi connectivity index (χ2v) is 9.19. The summed E-state index contributed by atoms with van der Waals surface area (Å²) in [5, 5.41) is 2.30. The van der Waals surface area contributed by atoms with E-state index in [4.69, 9.17) is 4.74 Å². The number of carbonyl (C=O) groups excluding carboxylic acids is 3. The van der Waals surface area contributed by atoms with Gasteiger partial charge in [-0.15, -0.1) is 0 Å². The molecule has 0 spiro atoms. The maximum Gasteiger partial charge on any atom is 0.326 e. The average molecular weight is 481 g/mol. The standard InChI is InChI=1S/C25H24N2O6S/c1-18-12-14-21(15-13-18)34(31,32)27-16-22(28)26-17-23(29)33-25(20-10-6-3-7-11-20)24(30)19-8-4-2-5-9-19/h2-15,25,27H,16-17H2,1H3,(H,26,28)/t25-/m1/s1. The van der Waals surface area contributed by atoms with Crippen molar-refractivity contribution in [1.82, 2.24) is 10.0 Å². The lowest BCUT2D eigenvalue weighted by Crippen LogP contribution is -2.39. The lowest BCUT2D eigenvalue weighted by atomic mass is 10.00. The van der Waals surface area contributed by atoms with Gasteiger partial charge in [0.05, 0.1) is 11.4 Å². The molecule has 0 aromatic heterocycles. The summed E-state index contributed by atoms with van der Waals surface area (Å²) in [6.07, 6.45) is -1.19. The van der Waals surface area contributed by atoms with Crippen molar-refractivity contribution in [2.45, 2.75) is 17.9 Å². The Hall–Kier alpha value is -3.82. The van der Waals surface area contributed by atoms with Gasteiger partial charge in [-0.2, -0.15) is 0 Å². The van der Waals surface area contributed by atoms with Gasteiger partial charge in [-0.05, 0) is 19.1 Å². The van der Waals surface area contributed by atoms with Crippen molar-refractivity contribution in [2.24, 2.45) is 0 Å². The van der Waals surface area contributed by atoms with Gasteiger partial charge < -0.3 is 10.1 Å². The van der Waals surface area contributed by atoms with Gasteiger partial charge >= 0.3 is 5.97 Å². The minimum Gasteiger partial charge on any atom is -0.448 e. The molecule has 1 atom stereocenters. The number of ketones is 1. The third kappa shape index (κ3) is 6.84. The number of aryl methyl sites for hydroxylation is 1. The molecule has 3 aromatic rings. The number of sulfonamides is 1. The van der Waals surface area contributed by atoms with E-state index in [0.29, 0.717) is 11.1 Å². The first-order valence-corrected chi connectivity index (χ1v) is 11.9. The van der Waals surface area contributed by atoms with E-state index < -0.39 is 46.9 Å². The molecule has 0 unspecified atom stereocenters. The largest absolute Gasteiger partial charge is 0.448 e. The van der Waals surface area contributed by atoms with E-state index in [1.807, 2.05) is 6.92 Å². The number of rotatable bonds is 10.